The fourth-order valence-electron chi connectivity index (χ4n) is 2.10. The van der Waals surface area contributed by atoms with Gasteiger partial charge in [0.15, 0.2) is 0 Å². The summed E-state index contributed by atoms with van der Waals surface area (Å²) in [6, 6.07) is 15.4. The predicted molar refractivity (Wildman–Crippen MR) is 71.6 cm³/mol. The molecular formula is C15H11N2O2. The van der Waals surface area contributed by atoms with Crippen LogP contribution < -0.4 is 0 Å². The van der Waals surface area contributed by atoms with E-state index < -0.39 is 5.97 Å². The van der Waals surface area contributed by atoms with Gasteiger partial charge in [-0.15, -0.1) is 0 Å². The number of carbonyl (C=O) groups is 1. The molecule has 1 radical (unpaired) electrons. The Morgan fingerprint density at radius 2 is 2.00 bits per heavy atom. The van der Waals surface area contributed by atoms with E-state index in [4.69, 9.17) is 5.11 Å². The van der Waals surface area contributed by atoms with E-state index in [2.05, 4.69) is 11.2 Å². The maximum absolute atomic E-state index is 10.8. The van der Waals surface area contributed by atoms with Crippen molar-refractivity contribution >= 4 is 16.9 Å². The Kier molecular flexibility index (Phi) is 2.56. The zero-order valence-electron chi connectivity index (χ0n) is 10.3. The second kappa shape index (κ2) is 4.24. The third-order valence-corrected chi connectivity index (χ3v) is 3.07. The summed E-state index contributed by atoms with van der Waals surface area (Å²) in [5.74, 6) is -0.928. The first kappa shape index (κ1) is 11.5. The highest BCUT2D eigenvalue weighted by molar-refractivity contribution is 5.88. The number of nitrogens with zero attached hydrogens (tertiary/aromatic N) is 2. The average molecular weight is 251 g/mol. The van der Waals surface area contributed by atoms with E-state index in [1.54, 1.807) is 24.3 Å². The number of benzene rings is 2. The van der Waals surface area contributed by atoms with E-state index in [0.717, 1.165) is 22.3 Å². The number of aromatic carboxylic acids is 1. The number of carboxylic acids is 1. The van der Waals surface area contributed by atoms with Crippen molar-refractivity contribution < 1.29 is 9.90 Å². The summed E-state index contributed by atoms with van der Waals surface area (Å²) in [6.07, 6.45) is 0. The minimum absolute atomic E-state index is 0.269. The smallest absolute Gasteiger partial charge is 0.335 e. The van der Waals surface area contributed by atoms with Crippen LogP contribution in [0.25, 0.3) is 16.6 Å². The standard InChI is InChI=1S/C15H11N2O2/c1-10-13-4-2-3-5-14(13)17(16-10)12-8-6-11(7-9-12)15(18)19/h3-9H,1H3,(H,18,19). The molecule has 0 aliphatic rings. The van der Waals surface area contributed by atoms with Crippen LogP contribution in [0.3, 0.4) is 0 Å². The van der Waals surface area contributed by atoms with Crippen molar-refractivity contribution in [2.24, 2.45) is 0 Å². The van der Waals surface area contributed by atoms with Gasteiger partial charge in [-0.05, 0) is 49.4 Å². The number of aryl methyl sites for hydroxylation is 1. The minimum Gasteiger partial charge on any atom is -0.478 e. The van der Waals surface area contributed by atoms with Gasteiger partial charge in [0.1, 0.15) is 0 Å². The Morgan fingerprint density at radius 3 is 2.68 bits per heavy atom. The lowest BCUT2D eigenvalue weighted by Crippen LogP contribution is -1.99. The molecule has 0 saturated heterocycles. The molecule has 0 spiro atoms. The first-order chi connectivity index (χ1) is 9.16. The van der Waals surface area contributed by atoms with Crippen LogP contribution in [-0.2, 0) is 0 Å². The van der Waals surface area contributed by atoms with E-state index in [-0.39, 0.29) is 5.56 Å². The third-order valence-electron chi connectivity index (χ3n) is 3.07. The number of fused-ring (bicyclic) bond motifs is 1. The largest absolute Gasteiger partial charge is 0.478 e. The first-order valence-corrected chi connectivity index (χ1v) is 5.86. The van der Waals surface area contributed by atoms with Gasteiger partial charge in [0.2, 0.25) is 0 Å². The van der Waals surface area contributed by atoms with Crippen LogP contribution in [0.4, 0.5) is 0 Å². The van der Waals surface area contributed by atoms with Gasteiger partial charge in [-0.1, -0.05) is 6.07 Å². The van der Waals surface area contributed by atoms with Gasteiger partial charge in [0.25, 0.3) is 0 Å². The fourth-order valence-corrected chi connectivity index (χ4v) is 2.10. The van der Waals surface area contributed by atoms with Crippen LogP contribution >= 0.6 is 0 Å². The van der Waals surface area contributed by atoms with Gasteiger partial charge in [0, 0.05) is 5.39 Å². The Morgan fingerprint density at radius 1 is 1.26 bits per heavy atom. The number of carboxylic acid groups (broad SMARTS) is 1. The number of hydrogen-bond donors (Lipinski definition) is 1. The molecule has 0 fully saturated rings. The van der Waals surface area contributed by atoms with E-state index in [1.807, 2.05) is 29.8 Å². The highest BCUT2D eigenvalue weighted by atomic mass is 16.4. The van der Waals surface area contributed by atoms with Crippen LogP contribution in [0, 0.1) is 13.0 Å². The molecule has 93 valence electrons. The average Bonchev–Trinajstić information content (AvgIpc) is 2.77. The third kappa shape index (κ3) is 1.87. The number of aromatic nitrogens is 2. The Labute approximate surface area is 109 Å². The second-order valence-corrected chi connectivity index (χ2v) is 4.29. The Bertz CT molecular complexity index is 757. The molecule has 4 nitrogen and oxygen atoms in total. The van der Waals surface area contributed by atoms with Gasteiger partial charge in [-0.2, -0.15) is 5.10 Å². The zero-order valence-corrected chi connectivity index (χ0v) is 10.3. The van der Waals surface area contributed by atoms with E-state index >= 15 is 0 Å². The van der Waals surface area contributed by atoms with Crippen LogP contribution in [0.15, 0.2) is 42.5 Å². The molecule has 0 atom stereocenters. The molecule has 1 heterocycles. The SMILES string of the molecule is Cc1nn(-c2ccc(C(=O)O)cc2)c2cc[c]cc12. The van der Waals surface area contributed by atoms with Gasteiger partial charge >= 0.3 is 5.97 Å². The van der Waals surface area contributed by atoms with Crippen molar-refractivity contribution in [1.29, 1.82) is 0 Å². The van der Waals surface area contributed by atoms with E-state index in [1.165, 1.54) is 0 Å². The number of hydrogen-bond acceptors (Lipinski definition) is 2. The molecule has 0 bridgehead atoms. The predicted octanol–water partition coefficient (Wildman–Crippen LogP) is 2.83. The van der Waals surface area contributed by atoms with Crippen LogP contribution in [0.1, 0.15) is 16.1 Å². The molecule has 0 amide bonds. The zero-order chi connectivity index (χ0) is 13.4. The molecule has 19 heavy (non-hydrogen) atoms. The summed E-state index contributed by atoms with van der Waals surface area (Å²) < 4.78 is 1.81. The lowest BCUT2D eigenvalue weighted by Gasteiger charge is -2.03. The summed E-state index contributed by atoms with van der Waals surface area (Å²) in [6.45, 7) is 1.94. The van der Waals surface area contributed by atoms with Crippen molar-refractivity contribution in [2.75, 3.05) is 0 Å². The summed E-state index contributed by atoms with van der Waals surface area (Å²) in [5, 5.41) is 14.4. The molecule has 0 saturated carbocycles. The Balaban J connectivity index is 2.16. The van der Waals surface area contributed by atoms with E-state index in [0.29, 0.717) is 0 Å². The van der Waals surface area contributed by atoms with Crippen LogP contribution in [-0.4, -0.2) is 20.9 Å². The summed E-state index contributed by atoms with van der Waals surface area (Å²) in [5.41, 5.74) is 3.02. The highest BCUT2D eigenvalue weighted by Gasteiger charge is 2.09. The van der Waals surface area contributed by atoms with Crippen molar-refractivity contribution in [3.05, 3.63) is 59.8 Å². The van der Waals surface area contributed by atoms with Crippen molar-refractivity contribution in [3.8, 4) is 5.69 Å². The van der Waals surface area contributed by atoms with E-state index in [9.17, 15) is 4.79 Å². The van der Waals surface area contributed by atoms with Gasteiger partial charge in [-0.25, -0.2) is 9.48 Å². The summed E-state index contributed by atoms with van der Waals surface area (Å²) in [7, 11) is 0. The quantitative estimate of drug-likeness (QED) is 0.762. The number of rotatable bonds is 2. The molecule has 4 heteroatoms. The summed E-state index contributed by atoms with van der Waals surface area (Å²) >= 11 is 0. The topological polar surface area (TPSA) is 55.1 Å². The lowest BCUT2D eigenvalue weighted by atomic mass is 10.2. The van der Waals surface area contributed by atoms with Crippen molar-refractivity contribution in [1.82, 2.24) is 9.78 Å². The second-order valence-electron chi connectivity index (χ2n) is 4.29. The lowest BCUT2D eigenvalue weighted by molar-refractivity contribution is 0.0697. The molecule has 0 unspecified atom stereocenters. The summed E-state index contributed by atoms with van der Waals surface area (Å²) in [4.78, 5) is 10.8. The van der Waals surface area contributed by atoms with Gasteiger partial charge in [-0.3, -0.25) is 0 Å². The first-order valence-electron chi connectivity index (χ1n) is 5.86. The molecular weight excluding hydrogens is 240 g/mol. The Hall–Kier alpha value is -2.62. The molecule has 3 aromatic rings. The normalized spacial score (nSPS) is 10.8. The molecule has 0 aliphatic heterocycles. The van der Waals surface area contributed by atoms with Crippen LogP contribution in [0.5, 0.6) is 0 Å². The van der Waals surface area contributed by atoms with Gasteiger partial charge in [0.05, 0.1) is 22.5 Å². The maximum Gasteiger partial charge on any atom is 0.335 e. The van der Waals surface area contributed by atoms with Crippen LogP contribution in [0.2, 0.25) is 0 Å². The molecule has 1 N–H and O–H groups in total. The fraction of sp³-hybridized carbons (Fsp3) is 0.0667. The molecule has 3 rings (SSSR count). The molecule has 1 aromatic heterocycles. The molecule has 2 aromatic carbocycles. The van der Waals surface area contributed by atoms with Crippen molar-refractivity contribution in [3.63, 3.8) is 0 Å². The highest BCUT2D eigenvalue weighted by Crippen LogP contribution is 2.21. The monoisotopic (exact) mass is 251 g/mol. The maximum atomic E-state index is 10.8. The van der Waals surface area contributed by atoms with Gasteiger partial charge < -0.3 is 5.11 Å². The minimum atomic E-state index is -0.928. The molecule has 0 aliphatic carbocycles. The van der Waals surface area contributed by atoms with Crippen molar-refractivity contribution in [2.45, 2.75) is 6.92 Å².